The molecule has 0 spiro atoms. The minimum Gasteiger partial charge on any atom is -0.460 e. The Labute approximate surface area is 139 Å². The van der Waals surface area contributed by atoms with Crippen LogP contribution in [-0.4, -0.2) is 10.9 Å². The van der Waals surface area contributed by atoms with Gasteiger partial charge in [-0.15, -0.1) is 11.3 Å². The molecule has 0 aliphatic rings. The summed E-state index contributed by atoms with van der Waals surface area (Å²) in [6.07, 6.45) is 1.72. The number of rotatable bonds is 3. The SMILES string of the molecule is Cc1ccc(C=Nn2c(C)csc2=Nc2c(C)cccc2C)o1. The fraction of sp³-hybridized carbons (Fsp3) is 0.222. The van der Waals surface area contributed by atoms with Crippen LogP contribution in [0.3, 0.4) is 0 Å². The second-order valence-corrected chi connectivity index (χ2v) is 6.35. The summed E-state index contributed by atoms with van der Waals surface area (Å²) in [6.45, 7) is 8.09. The van der Waals surface area contributed by atoms with Gasteiger partial charge in [-0.05, 0) is 51.0 Å². The maximum atomic E-state index is 5.53. The molecule has 0 atom stereocenters. The van der Waals surface area contributed by atoms with Gasteiger partial charge in [-0.3, -0.25) is 0 Å². The van der Waals surface area contributed by atoms with E-state index in [4.69, 9.17) is 9.41 Å². The van der Waals surface area contributed by atoms with Gasteiger partial charge in [0.25, 0.3) is 0 Å². The van der Waals surface area contributed by atoms with Gasteiger partial charge in [-0.25, -0.2) is 9.67 Å². The summed E-state index contributed by atoms with van der Waals surface area (Å²) >= 11 is 1.58. The first-order valence-electron chi connectivity index (χ1n) is 7.43. The third kappa shape index (κ3) is 3.35. The van der Waals surface area contributed by atoms with Gasteiger partial charge in [0.2, 0.25) is 4.80 Å². The molecule has 0 fully saturated rings. The van der Waals surface area contributed by atoms with Crippen molar-refractivity contribution in [2.45, 2.75) is 27.7 Å². The zero-order valence-electron chi connectivity index (χ0n) is 13.7. The van der Waals surface area contributed by atoms with Crippen molar-refractivity contribution in [2.75, 3.05) is 0 Å². The van der Waals surface area contributed by atoms with Crippen LogP contribution in [0.15, 0.2) is 50.2 Å². The molecule has 4 nitrogen and oxygen atoms in total. The molecule has 118 valence electrons. The third-order valence-corrected chi connectivity index (χ3v) is 4.49. The minimum atomic E-state index is 0.735. The molecule has 0 saturated carbocycles. The lowest BCUT2D eigenvalue weighted by molar-refractivity contribution is 0.527. The zero-order valence-corrected chi connectivity index (χ0v) is 14.5. The van der Waals surface area contributed by atoms with Gasteiger partial charge in [0.05, 0.1) is 17.6 Å². The molecule has 0 aliphatic heterocycles. The summed E-state index contributed by atoms with van der Waals surface area (Å²) in [5, 5.41) is 6.57. The summed E-state index contributed by atoms with van der Waals surface area (Å²) in [5.74, 6) is 1.61. The number of thiazole rings is 1. The van der Waals surface area contributed by atoms with Gasteiger partial charge in [0.15, 0.2) is 0 Å². The largest absolute Gasteiger partial charge is 0.460 e. The maximum absolute atomic E-state index is 5.53. The Kier molecular flexibility index (Phi) is 4.30. The Bertz CT molecular complexity index is 908. The zero-order chi connectivity index (χ0) is 16.4. The van der Waals surface area contributed by atoms with Gasteiger partial charge in [-0.2, -0.15) is 5.10 Å². The van der Waals surface area contributed by atoms with Crippen molar-refractivity contribution < 1.29 is 4.42 Å². The molecule has 2 aromatic heterocycles. The highest BCUT2D eigenvalue weighted by atomic mass is 32.1. The monoisotopic (exact) mass is 325 g/mol. The van der Waals surface area contributed by atoms with Crippen molar-refractivity contribution in [3.8, 4) is 0 Å². The highest BCUT2D eigenvalue weighted by Gasteiger charge is 2.04. The van der Waals surface area contributed by atoms with Gasteiger partial charge in [-0.1, -0.05) is 18.2 Å². The van der Waals surface area contributed by atoms with E-state index in [1.165, 1.54) is 0 Å². The van der Waals surface area contributed by atoms with E-state index in [1.54, 1.807) is 17.6 Å². The van der Waals surface area contributed by atoms with Gasteiger partial charge >= 0.3 is 0 Å². The van der Waals surface area contributed by atoms with E-state index >= 15 is 0 Å². The first kappa shape index (κ1) is 15.5. The Morgan fingerprint density at radius 3 is 2.43 bits per heavy atom. The maximum Gasteiger partial charge on any atom is 0.211 e. The molecule has 5 heteroatoms. The summed E-state index contributed by atoms with van der Waals surface area (Å²) in [7, 11) is 0. The molecule has 0 aliphatic carbocycles. The van der Waals surface area contributed by atoms with E-state index in [9.17, 15) is 0 Å². The molecule has 23 heavy (non-hydrogen) atoms. The Hall–Kier alpha value is -2.40. The Morgan fingerprint density at radius 1 is 1.04 bits per heavy atom. The van der Waals surface area contributed by atoms with E-state index in [2.05, 4.69) is 42.5 Å². The lowest BCUT2D eigenvalue weighted by Gasteiger charge is -2.03. The fourth-order valence-corrected chi connectivity index (χ4v) is 3.13. The average Bonchev–Trinajstić information content (AvgIpc) is 3.07. The number of hydrogen-bond donors (Lipinski definition) is 0. The highest BCUT2D eigenvalue weighted by molar-refractivity contribution is 7.07. The summed E-state index contributed by atoms with van der Waals surface area (Å²) < 4.78 is 7.37. The van der Waals surface area contributed by atoms with Crippen LogP contribution in [-0.2, 0) is 0 Å². The number of benzene rings is 1. The standard InChI is InChI=1S/C18H19N3OS/c1-12-6-5-7-13(2)17(12)20-18-21(14(3)11-23-18)19-10-16-9-8-15(4)22-16/h5-11H,1-4H3. The summed E-state index contributed by atoms with van der Waals surface area (Å²) in [4.78, 5) is 5.66. The van der Waals surface area contributed by atoms with Crippen LogP contribution in [0.25, 0.3) is 0 Å². The molecular weight excluding hydrogens is 306 g/mol. The van der Waals surface area contributed by atoms with Crippen LogP contribution >= 0.6 is 11.3 Å². The molecule has 0 bridgehead atoms. The van der Waals surface area contributed by atoms with E-state index in [-0.39, 0.29) is 0 Å². The lowest BCUT2D eigenvalue weighted by atomic mass is 10.1. The first-order chi connectivity index (χ1) is 11.0. The van der Waals surface area contributed by atoms with Crippen LogP contribution in [0.4, 0.5) is 5.69 Å². The molecule has 0 amide bonds. The molecule has 0 radical (unpaired) electrons. The van der Waals surface area contributed by atoms with E-state index in [0.29, 0.717) is 0 Å². The topological polar surface area (TPSA) is 42.8 Å². The van der Waals surface area contributed by atoms with Crippen LogP contribution < -0.4 is 4.80 Å². The lowest BCUT2D eigenvalue weighted by Crippen LogP contribution is -2.11. The van der Waals surface area contributed by atoms with E-state index < -0.39 is 0 Å². The number of hydrogen-bond acceptors (Lipinski definition) is 4. The minimum absolute atomic E-state index is 0.735. The molecular formula is C18H19N3OS. The number of furan rings is 1. The normalized spacial score (nSPS) is 12.4. The number of para-hydroxylation sites is 1. The molecule has 2 heterocycles. The molecule has 3 rings (SSSR count). The highest BCUT2D eigenvalue weighted by Crippen LogP contribution is 2.22. The fourth-order valence-electron chi connectivity index (χ4n) is 2.32. The van der Waals surface area contributed by atoms with Crippen LogP contribution in [0.5, 0.6) is 0 Å². The van der Waals surface area contributed by atoms with Gasteiger partial charge in [0.1, 0.15) is 11.5 Å². The molecule has 0 N–H and O–H groups in total. The van der Waals surface area contributed by atoms with E-state index in [0.717, 1.165) is 38.8 Å². The summed E-state index contributed by atoms with van der Waals surface area (Å²) in [5.41, 5.74) is 4.37. The van der Waals surface area contributed by atoms with Crippen LogP contribution in [0.1, 0.15) is 28.3 Å². The predicted molar refractivity (Wildman–Crippen MR) is 94.6 cm³/mol. The van der Waals surface area contributed by atoms with Crippen molar-refractivity contribution >= 4 is 23.2 Å². The second-order valence-electron chi connectivity index (χ2n) is 5.52. The van der Waals surface area contributed by atoms with Crippen molar-refractivity contribution in [3.05, 3.63) is 68.9 Å². The Balaban J connectivity index is 2.05. The molecule has 3 aromatic rings. The number of nitrogens with zero attached hydrogens (tertiary/aromatic N) is 3. The molecule has 0 saturated heterocycles. The molecule has 0 unspecified atom stereocenters. The molecule has 1 aromatic carbocycles. The van der Waals surface area contributed by atoms with Crippen molar-refractivity contribution in [1.29, 1.82) is 0 Å². The van der Waals surface area contributed by atoms with Gasteiger partial charge in [0, 0.05) is 5.38 Å². The first-order valence-corrected chi connectivity index (χ1v) is 8.31. The van der Waals surface area contributed by atoms with E-state index in [1.807, 2.05) is 30.7 Å². The Morgan fingerprint density at radius 2 is 1.78 bits per heavy atom. The number of aromatic nitrogens is 1. The third-order valence-electron chi connectivity index (χ3n) is 3.56. The smallest absolute Gasteiger partial charge is 0.211 e. The quantitative estimate of drug-likeness (QED) is 0.654. The summed E-state index contributed by atoms with van der Waals surface area (Å²) in [6, 6.07) is 10.0. The average molecular weight is 325 g/mol. The van der Waals surface area contributed by atoms with Crippen molar-refractivity contribution in [2.24, 2.45) is 10.1 Å². The predicted octanol–water partition coefficient (Wildman–Crippen LogP) is 4.49. The van der Waals surface area contributed by atoms with Crippen molar-refractivity contribution in [1.82, 2.24) is 4.68 Å². The number of aryl methyl sites for hydroxylation is 4. The van der Waals surface area contributed by atoms with Gasteiger partial charge < -0.3 is 4.42 Å². The van der Waals surface area contributed by atoms with Crippen molar-refractivity contribution in [3.63, 3.8) is 0 Å². The second kappa shape index (κ2) is 6.38. The van der Waals surface area contributed by atoms with Crippen LogP contribution in [0.2, 0.25) is 0 Å². The van der Waals surface area contributed by atoms with Crippen LogP contribution in [0, 0.1) is 27.7 Å².